The smallest absolute Gasteiger partial charge is 0.311 e. The van der Waals surface area contributed by atoms with E-state index in [1.165, 1.54) is 0 Å². The number of para-hydroxylation sites is 1. The van der Waals surface area contributed by atoms with Gasteiger partial charge in [0.25, 0.3) is 0 Å². The Hall–Kier alpha value is -0.780. The summed E-state index contributed by atoms with van der Waals surface area (Å²) in [7, 11) is 0. The molecule has 1 aromatic carbocycles. The number of aromatic hydroxyl groups is 1. The number of phenols is 1. The molecule has 0 amide bonds. The van der Waals surface area contributed by atoms with E-state index in [1.807, 2.05) is 22.6 Å². The summed E-state index contributed by atoms with van der Waals surface area (Å²) in [6.45, 7) is 1.70. The van der Waals surface area contributed by atoms with E-state index in [9.17, 15) is 9.90 Å². The van der Waals surface area contributed by atoms with Crippen molar-refractivity contribution >= 4 is 28.6 Å². The molecule has 0 aliphatic rings. The minimum absolute atomic E-state index is 0.0184. The van der Waals surface area contributed by atoms with E-state index in [0.717, 1.165) is 0 Å². The quantitative estimate of drug-likeness (QED) is 0.517. The molecule has 0 radical (unpaired) electrons. The third-order valence-electron chi connectivity index (χ3n) is 1.46. The lowest BCUT2D eigenvalue weighted by Crippen LogP contribution is -2.05. The normalized spacial score (nSPS) is 9.69. The molecule has 0 aromatic heterocycles. The number of ether oxygens (including phenoxy) is 1. The van der Waals surface area contributed by atoms with E-state index in [4.69, 9.17) is 4.74 Å². The summed E-state index contributed by atoms with van der Waals surface area (Å²) in [6.07, 6.45) is 0.297. The minimum atomic E-state index is -0.350. The Morgan fingerprint density at radius 1 is 1.62 bits per heavy atom. The predicted molar refractivity (Wildman–Crippen MR) is 56.7 cm³/mol. The molecule has 0 unspecified atom stereocenters. The first-order valence-electron chi connectivity index (χ1n) is 3.83. The van der Waals surface area contributed by atoms with Crippen molar-refractivity contribution < 1.29 is 14.6 Å². The van der Waals surface area contributed by atoms with Gasteiger partial charge >= 0.3 is 5.97 Å². The van der Waals surface area contributed by atoms with Gasteiger partial charge in [-0.25, -0.2) is 0 Å². The molecule has 13 heavy (non-hydrogen) atoms. The summed E-state index contributed by atoms with van der Waals surface area (Å²) in [5.41, 5.74) is 0. The van der Waals surface area contributed by atoms with Crippen molar-refractivity contribution in [2.45, 2.75) is 13.3 Å². The van der Waals surface area contributed by atoms with Crippen molar-refractivity contribution in [3.05, 3.63) is 21.8 Å². The topological polar surface area (TPSA) is 46.5 Å². The van der Waals surface area contributed by atoms with Gasteiger partial charge in [0.2, 0.25) is 0 Å². The molecule has 1 N–H and O–H groups in total. The first-order valence-corrected chi connectivity index (χ1v) is 4.91. The van der Waals surface area contributed by atoms with E-state index >= 15 is 0 Å². The van der Waals surface area contributed by atoms with Crippen molar-refractivity contribution in [3.63, 3.8) is 0 Å². The molecular weight excluding hydrogens is 283 g/mol. The van der Waals surface area contributed by atoms with Crippen molar-refractivity contribution in [2.24, 2.45) is 0 Å². The average molecular weight is 292 g/mol. The standard InChI is InChI=1S/C9H9IO3/c1-2-8(11)13-7-5-3-4-6(10)9(7)12/h3-5,12H,2H2,1H3. The maximum absolute atomic E-state index is 10.9. The Bertz CT molecular complexity index is 323. The van der Waals surface area contributed by atoms with Gasteiger partial charge in [0.05, 0.1) is 3.57 Å². The van der Waals surface area contributed by atoms with E-state index < -0.39 is 0 Å². The second-order valence-corrected chi connectivity index (χ2v) is 3.58. The SMILES string of the molecule is CCC(=O)Oc1cccc(I)c1O. The Morgan fingerprint density at radius 2 is 2.31 bits per heavy atom. The van der Waals surface area contributed by atoms with Crippen LogP contribution in [0.2, 0.25) is 0 Å². The van der Waals surface area contributed by atoms with Crippen LogP contribution in [0.3, 0.4) is 0 Å². The third kappa shape index (κ3) is 2.58. The van der Waals surface area contributed by atoms with Gasteiger partial charge in [-0.3, -0.25) is 4.79 Å². The van der Waals surface area contributed by atoms with Crippen molar-refractivity contribution in [1.29, 1.82) is 0 Å². The zero-order valence-corrected chi connectivity index (χ0v) is 9.24. The molecule has 0 atom stereocenters. The van der Waals surface area contributed by atoms with Gasteiger partial charge in [0.1, 0.15) is 0 Å². The van der Waals surface area contributed by atoms with E-state index in [0.29, 0.717) is 9.99 Å². The summed E-state index contributed by atoms with van der Waals surface area (Å²) in [5.74, 6) is -0.110. The van der Waals surface area contributed by atoms with Crippen LogP contribution in [0.1, 0.15) is 13.3 Å². The van der Waals surface area contributed by atoms with Crippen LogP contribution in [0.25, 0.3) is 0 Å². The largest absolute Gasteiger partial charge is 0.504 e. The van der Waals surface area contributed by atoms with Gasteiger partial charge in [-0.1, -0.05) is 13.0 Å². The maximum Gasteiger partial charge on any atom is 0.311 e. The number of esters is 1. The highest BCUT2D eigenvalue weighted by Gasteiger charge is 2.08. The molecule has 0 aliphatic carbocycles. The van der Waals surface area contributed by atoms with Crippen LogP contribution in [0.4, 0.5) is 0 Å². The van der Waals surface area contributed by atoms with E-state index in [-0.39, 0.29) is 17.5 Å². The van der Waals surface area contributed by atoms with Crippen LogP contribution < -0.4 is 4.74 Å². The van der Waals surface area contributed by atoms with Crippen LogP contribution in [-0.4, -0.2) is 11.1 Å². The van der Waals surface area contributed by atoms with Crippen molar-refractivity contribution in [2.75, 3.05) is 0 Å². The first kappa shape index (κ1) is 10.3. The number of carbonyl (C=O) groups is 1. The monoisotopic (exact) mass is 292 g/mol. The predicted octanol–water partition coefficient (Wildman–Crippen LogP) is 2.31. The van der Waals surface area contributed by atoms with Gasteiger partial charge in [-0.05, 0) is 34.7 Å². The number of rotatable bonds is 2. The molecule has 0 bridgehead atoms. The molecule has 70 valence electrons. The Kier molecular flexibility index (Phi) is 3.53. The Morgan fingerprint density at radius 3 is 2.92 bits per heavy atom. The molecule has 0 heterocycles. The van der Waals surface area contributed by atoms with Gasteiger partial charge in [0, 0.05) is 6.42 Å². The van der Waals surface area contributed by atoms with Crippen LogP contribution in [0.5, 0.6) is 11.5 Å². The summed E-state index contributed by atoms with van der Waals surface area (Å²) >= 11 is 1.97. The number of benzene rings is 1. The lowest BCUT2D eigenvalue weighted by Gasteiger charge is -2.05. The maximum atomic E-state index is 10.9. The summed E-state index contributed by atoms with van der Waals surface area (Å²) in [6, 6.07) is 5.02. The highest BCUT2D eigenvalue weighted by molar-refractivity contribution is 14.1. The highest BCUT2D eigenvalue weighted by atomic mass is 127. The molecule has 0 spiro atoms. The van der Waals surface area contributed by atoms with Gasteiger partial charge < -0.3 is 9.84 Å². The lowest BCUT2D eigenvalue weighted by atomic mass is 10.3. The highest BCUT2D eigenvalue weighted by Crippen LogP contribution is 2.30. The number of carbonyl (C=O) groups excluding carboxylic acids is 1. The molecule has 0 aliphatic heterocycles. The zero-order valence-electron chi connectivity index (χ0n) is 7.08. The van der Waals surface area contributed by atoms with Crippen molar-refractivity contribution in [3.8, 4) is 11.5 Å². The van der Waals surface area contributed by atoms with Crippen LogP contribution in [0, 0.1) is 3.57 Å². The van der Waals surface area contributed by atoms with Crippen LogP contribution >= 0.6 is 22.6 Å². The second kappa shape index (κ2) is 4.45. The lowest BCUT2D eigenvalue weighted by molar-refractivity contribution is -0.134. The number of halogens is 1. The number of hydrogen-bond acceptors (Lipinski definition) is 3. The molecular formula is C9H9IO3. The van der Waals surface area contributed by atoms with Crippen LogP contribution in [-0.2, 0) is 4.79 Å². The minimum Gasteiger partial charge on any atom is -0.504 e. The van der Waals surface area contributed by atoms with E-state index in [1.54, 1.807) is 25.1 Å². The van der Waals surface area contributed by atoms with Crippen molar-refractivity contribution in [1.82, 2.24) is 0 Å². The number of phenolic OH excluding ortho intramolecular Hbond substituents is 1. The van der Waals surface area contributed by atoms with E-state index in [2.05, 4.69) is 0 Å². The van der Waals surface area contributed by atoms with Gasteiger partial charge in [-0.2, -0.15) is 0 Å². The fourth-order valence-electron chi connectivity index (χ4n) is 0.773. The average Bonchev–Trinajstić information content (AvgIpc) is 2.13. The molecule has 1 aromatic rings. The second-order valence-electron chi connectivity index (χ2n) is 2.41. The molecule has 4 heteroatoms. The van der Waals surface area contributed by atoms with Gasteiger partial charge in [-0.15, -0.1) is 0 Å². The first-order chi connectivity index (χ1) is 6.15. The Labute approximate surface area is 89.9 Å². The Balaban J connectivity index is 2.89. The van der Waals surface area contributed by atoms with Crippen LogP contribution in [0.15, 0.2) is 18.2 Å². The molecule has 0 saturated heterocycles. The summed E-state index contributed by atoms with van der Waals surface area (Å²) < 4.78 is 5.55. The molecule has 0 fully saturated rings. The fourth-order valence-corrected chi connectivity index (χ4v) is 1.25. The molecule has 1 rings (SSSR count). The van der Waals surface area contributed by atoms with Gasteiger partial charge in [0.15, 0.2) is 11.5 Å². The molecule has 3 nitrogen and oxygen atoms in total. The summed E-state index contributed by atoms with van der Waals surface area (Å²) in [5, 5.41) is 9.46. The zero-order chi connectivity index (χ0) is 9.84. The fraction of sp³-hybridized carbons (Fsp3) is 0.222. The number of hydrogen-bond donors (Lipinski definition) is 1. The third-order valence-corrected chi connectivity index (χ3v) is 2.33. The molecule has 0 saturated carbocycles. The summed E-state index contributed by atoms with van der Waals surface area (Å²) in [4.78, 5) is 10.9.